The summed E-state index contributed by atoms with van der Waals surface area (Å²) in [5, 5.41) is 2.61. The Bertz CT molecular complexity index is 573. The molecule has 0 saturated heterocycles. The van der Waals surface area contributed by atoms with Crippen LogP contribution in [0.25, 0.3) is 0 Å². The van der Waals surface area contributed by atoms with Crippen LogP contribution < -0.4 is 5.32 Å². The molecule has 2 rings (SSSR count). The minimum atomic E-state index is -0.231. The van der Waals surface area contributed by atoms with E-state index in [2.05, 4.69) is 37.2 Å². The van der Waals surface area contributed by atoms with Gasteiger partial charge in [0, 0.05) is 6.54 Å². The maximum atomic E-state index is 12.0. The summed E-state index contributed by atoms with van der Waals surface area (Å²) in [6.45, 7) is 0.393. The van der Waals surface area contributed by atoms with Crippen LogP contribution in [0.4, 0.5) is 0 Å². The molecular weight excluding hydrogens is 413 g/mol. The maximum Gasteiger partial charge on any atom is 0.253 e. The number of alkyl halides is 1. The minimum Gasteiger partial charge on any atom is -0.350 e. The van der Waals surface area contributed by atoms with Gasteiger partial charge in [0.1, 0.15) is 0 Å². The van der Waals surface area contributed by atoms with E-state index in [4.69, 9.17) is 11.6 Å². The predicted molar refractivity (Wildman–Crippen MR) is 87.1 cm³/mol. The zero-order valence-corrected chi connectivity index (χ0v) is 14.4. The second-order valence-corrected chi connectivity index (χ2v) is 8.10. The normalized spacial score (nSPS) is 12.2. The molecule has 1 unspecified atom stereocenters. The van der Waals surface area contributed by atoms with Crippen LogP contribution in [0.15, 0.2) is 44.0 Å². The van der Waals surface area contributed by atoms with Crippen molar-refractivity contribution in [2.24, 2.45) is 0 Å². The predicted octanol–water partition coefficient (Wildman–Crippen LogP) is 4.98. The lowest BCUT2D eigenvalue weighted by atomic mass is 10.1. The van der Waals surface area contributed by atoms with E-state index in [-0.39, 0.29) is 11.3 Å². The number of hydrogen-bond acceptors (Lipinski definition) is 2. The number of carbonyl (C=O) groups is 1. The van der Waals surface area contributed by atoms with Crippen LogP contribution in [0.5, 0.6) is 0 Å². The molecule has 1 heterocycles. The fraction of sp³-hybridized carbons (Fsp3) is 0.154. The first-order valence-corrected chi connectivity index (χ1v) is 8.34. The van der Waals surface area contributed by atoms with Crippen LogP contribution in [0.3, 0.4) is 0 Å². The van der Waals surface area contributed by atoms with E-state index in [1.165, 1.54) is 11.3 Å². The van der Waals surface area contributed by atoms with Crippen LogP contribution in [0.1, 0.15) is 21.3 Å². The molecule has 19 heavy (non-hydrogen) atoms. The third-order valence-electron chi connectivity index (χ3n) is 2.50. The lowest BCUT2D eigenvalue weighted by Crippen LogP contribution is -2.26. The Hall–Kier alpha value is -0.360. The summed E-state index contributed by atoms with van der Waals surface area (Å²) in [4.78, 5) is 12.0. The molecule has 1 amide bonds. The molecule has 0 radical (unpaired) electrons. The van der Waals surface area contributed by atoms with Gasteiger partial charge in [-0.05, 0) is 43.5 Å². The Morgan fingerprint density at radius 2 is 2.00 bits per heavy atom. The van der Waals surface area contributed by atoms with Gasteiger partial charge in [-0.2, -0.15) is 0 Å². The fourth-order valence-corrected chi connectivity index (χ4v) is 4.57. The summed E-state index contributed by atoms with van der Waals surface area (Å²) < 4.78 is 1.72. The maximum absolute atomic E-state index is 12.0. The molecule has 2 nitrogen and oxygen atoms in total. The van der Waals surface area contributed by atoms with Crippen LogP contribution in [0, 0.1) is 0 Å². The molecule has 2 aromatic rings. The quantitative estimate of drug-likeness (QED) is 0.690. The average molecular weight is 424 g/mol. The first kappa shape index (κ1) is 15.0. The summed E-state index contributed by atoms with van der Waals surface area (Å²) in [6, 6.07) is 11.5. The van der Waals surface area contributed by atoms with E-state index < -0.39 is 0 Å². The summed E-state index contributed by atoms with van der Waals surface area (Å²) in [7, 11) is 0. The second-order valence-electron chi connectivity index (χ2n) is 3.83. The number of hydrogen-bond donors (Lipinski definition) is 1. The van der Waals surface area contributed by atoms with Crippen molar-refractivity contribution in [3.8, 4) is 0 Å². The summed E-state index contributed by atoms with van der Waals surface area (Å²) in [5.74, 6) is -0.129. The summed E-state index contributed by atoms with van der Waals surface area (Å²) in [6.07, 6.45) is 0. The molecule has 1 N–H and O–H groups in total. The van der Waals surface area contributed by atoms with Crippen molar-refractivity contribution in [1.82, 2.24) is 5.32 Å². The van der Waals surface area contributed by atoms with Gasteiger partial charge >= 0.3 is 0 Å². The molecule has 0 aliphatic rings. The molecule has 6 heteroatoms. The fourth-order valence-electron chi connectivity index (χ4n) is 1.55. The second kappa shape index (κ2) is 6.88. The Morgan fingerprint density at radius 1 is 1.32 bits per heavy atom. The van der Waals surface area contributed by atoms with E-state index >= 15 is 0 Å². The topological polar surface area (TPSA) is 29.1 Å². The van der Waals surface area contributed by atoms with Crippen molar-refractivity contribution < 1.29 is 4.79 Å². The van der Waals surface area contributed by atoms with Crippen molar-refractivity contribution in [2.45, 2.75) is 5.38 Å². The minimum absolute atomic E-state index is 0.129. The Balaban J connectivity index is 1.96. The third-order valence-corrected chi connectivity index (χ3v) is 5.25. The number of rotatable bonds is 4. The molecule has 1 aromatic heterocycles. The standard InChI is InChI=1S/C13H10Br2ClNOS/c14-11-6-9(12(15)19-11)13(18)17-7-10(16)8-4-2-1-3-5-8/h1-6,10H,7H2,(H,17,18). The van der Waals surface area contributed by atoms with Gasteiger partial charge in [0.2, 0.25) is 0 Å². The monoisotopic (exact) mass is 421 g/mol. The van der Waals surface area contributed by atoms with E-state index in [1.807, 2.05) is 30.3 Å². The van der Waals surface area contributed by atoms with Gasteiger partial charge in [0.15, 0.2) is 0 Å². The van der Waals surface area contributed by atoms with Crippen LogP contribution in [0.2, 0.25) is 0 Å². The molecule has 0 fully saturated rings. The van der Waals surface area contributed by atoms with Crippen molar-refractivity contribution in [3.05, 3.63) is 55.1 Å². The van der Waals surface area contributed by atoms with Gasteiger partial charge in [-0.1, -0.05) is 30.3 Å². The highest BCUT2D eigenvalue weighted by Gasteiger charge is 2.15. The molecule has 1 atom stereocenters. The van der Waals surface area contributed by atoms with Gasteiger partial charge < -0.3 is 5.32 Å². The number of carbonyl (C=O) groups excluding carboxylic acids is 1. The highest BCUT2D eigenvalue weighted by atomic mass is 79.9. The highest BCUT2D eigenvalue weighted by Crippen LogP contribution is 2.31. The van der Waals surface area contributed by atoms with Crippen LogP contribution in [-0.4, -0.2) is 12.5 Å². The zero-order chi connectivity index (χ0) is 13.8. The third kappa shape index (κ3) is 4.05. The first-order valence-electron chi connectivity index (χ1n) is 5.50. The number of halogens is 3. The van der Waals surface area contributed by atoms with E-state index in [0.717, 1.165) is 13.1 Å². The molecule has 0 aliphatic carbocycles. The molecular formula is C13H10Br2ClNOS. The number of amides is 1. The largest absolute Gasteiger partial charge is 0.350 e. The van der Waals surface area contributed by atoms with E-state index in [1.54, 1.807) is 6.07 Å². The van der Waals surface area contributed by atoms with Crippen LogP contribution >= 0.6 is 54.8 Å². The summed E-state index contributed by atoms with van der Waals surface area (Å²) >= 11 is 14.4. The van der Waals surface area contributed by atoms with Crippen molar-refractivity contribution in [2.75, 3.05) is 6.54 Å². The van der Waals surface area contributed by atoms with Gasteiger partial charge in [0.25, 0.3) is 5.91 Å². The van der Waals surface area contributed by atoms with Crippen LogP contribution in [-0.2, 0) is 0 Å². The number of benzene rings is 1. The zero-order valence-electron chi connectivity index (χ0n) is 9.70. The van der Waals surface area contributed by atoms with Gasteiger partial charge in [0.05, 0.1) is 18.5 Å². The van der Waals surface area contributed by atoms with E-state index in [0.29, 0.717) is 12.1 Å². The lowest BCUT2D eigenvalue weighted by Gasteiger charge is -2.10. The highest BCUT2D eigenvalue weighted by molar-refractivity contribution is 9.12. The molecule has 0 bridgehead atoms. The Morgan fingerprint density at radius 3 is 2.58 bits per heavy atom. The Labute approximate surface area is 137 Å². The molecule has 1 aromatic carbocycles. The molecule has 0 aliphatic heterocycles. The van der Waals surface area contributed by atoms with Gasteiger partial charge in [-0.3, -0.25) is 4.79 Å². The molecule has 0 spiro atoms. The summed E-state index contributed by atoms with van der Waals surface area (Å²) in [5.41, 5.74) is 1.61. The molecule has 0 saturated carbocycles. The smallest absolute Gasteiger partial charge is 0.253 e. The molecule has 100 valence electrons. The number of nitrogens with one attached hydrogen (secondary N) is 1. The van der Waals surface area contributed by atoms with Gasteiger partial charge in [-0.15, -0.1) is 22.9 Å². The van der Waals surface area contributed by atoms with Crippen molar-refractivity contribution >= 4 is 60.7 Å². The lowest BCUT2D eigenvalue weighted by molar-refractivity contribution is 0.0953. The Kier molecular flexibility index (Phi) is 5.45. The van der Waals surface area contributed by atoms with Crippen molar-refractivity contribution in [1.29, 1.82) is 0 Å². The first-order chi connectivity index (χ1) is 9.08. The number of thiophene rings is 1. The van der Waals surface area contributed by atoms with Crippen molar-refractivity contribution in [3.63, 3.8) is 0 Å². The van der Waals surface area contributed by atoms with E-state index in [9.17, 15) is 4.79 Å². The average Bonchev–Trinajstić information content (AvgIpc) is 2.75. The van der Waals surface area contributed by atoms with Gasteiger partial charge in [-0.25, -0.2) is 0 Å². The SMILES string of the molecule is O=C(NCC(Cl)c1ccccc1)c1cc(Br)sc1Br.